The molecule has 1 atom stereocenters. The Kier molecular flexibility index (Phi) is 7.60. The minimum atomic E-state index is -4.12. The Morgan fingerprint density at radius 1 is 1.16 bits per heavy atom. The standard InChI is InChI=1S/C21H27N3O6S/c1-30-18-6-8-19(9-7-18)31(28,29)24(14-15-10-12-22-13-11-15)20(21(26)23-27)16-2-4-17(25)5-3-16/h6-13,16-17,20,25,27H,2-5,14H2,1H3,(H,23,26). The van der Waals surface area contributed by atoms with Crippen LogP contribution in [-0.4, -0.2) is 53.2 Å². The number of benzene rings is 1. The van der Waals surface area contributed by atoms with Crippen LogP contribution in [0.15, 0.2) is 53.7 Å². The van der Waals surface area contributed by atoms with Crippen LogP contribution in [0.3, 0.4) is 0 Å². The zero-order valence-electron chi connectivity index (χ0n) is 17.2. The molecule has 1 aliphatic carbocycles. The molecule has 1 heterocycles. The van der Waals surface area contributed by atoms with Crippen LogP contribution in [0, 0.1) is 5.92 Å². The van der Waals surface area contributed by atoms with Crippen molar-refractivity contribution in [2.75, 3.05) is 7.11 Å². The van der Waals surface area contributed by atoms with Gasteiger partial charge in [-0.1, -0.05) is 0 Å². The number of nitrogens with zero attached hydrogens (tertiary/aromatic N) is 2. The topological polar surface area (TPSA) is 129 Å². The number of ether oxygens (including phenoxy) is 1. The number of carbonyl (C=O) groups is 1. The van der Waals surface area contributed by atoms with Crippen molar-refractivity contribution in [1.29, 1.82) is 0 Å². The lowest BCUT2D eigenvalue weighted by Crippen LogP contribution is -2.53. The minimum absolute atomic E-state index is 0.00828. The van der Waals surface area contributed by atoms with E-state index in [1.54, 1.807) is 30.0 Å². The first-order valence-electron chi connectivity index (χ1n) is 10.0. The summed E-state index contributed by atoms with van der Waals surface area (Å²) in [5.41, 5.74) is 2.29. The molecule has 1 amide bonds. The van der Waals surface area contributed by atoms with Gasteiger partial charge in [-0.25, -0.2) is 13.9 Å². The van der Waals surface area contributed by atoms with Crippen LogP contribution in [0.2, 0.25) is 0 Å². The van der Waals surface area contributed by atoms with E-state index in [1.165, 1.54) is 31.4 Å². The number of rotatable bonds is 8. The number of aromatic nitrogens is 1. The average Bonchev–Trinajstić information content (AvgIpc) is 2.80. The fourth-order valence-corrected chi connectivity index (χ4v) is 5.58. The number of aliphatic hydroxyl groups excluding tert-OH is 1. The number of hydrogen-bond acceptors (Lipinski definition) is 7. The number of sulfonamides is 1. The number of hydroxylamine groups is 1. The third-order valence-corrected chi connectivity index (χ3v) is 7.47. The first-order valence-corrected chi connectivity index (χ1v) is 11.5. The molecule has 9 nitrogen and oxygen atoms in total. The lowest BCUT2D eigenvalue weighted by molar-refractivity contribution is -0.136. The second-order valence-electron chi connectivity index (χ2n) is 7.57. The van der Waals surface area contributed by atoms with E-state index in [-0.39, 0.29) is 17.4 Å². The largest absolute Gasteiger partial charge is 0.497 e. The van der Waals surface area contributed by atoms with Crippen molar-refractivity contribution in [1.82, 2.24) is 14.8 Å². The third kappa shape index (κ3) is 5.40. The van der Waals surface area contributed by atoms with Crippen LogP contribution in [0.5, 0.6) is 5.75 Å². The first-order chi connectivity index (χ1) is 14.9. The maximum atomic E-state index is 13.7. The Labute approximate surface area is 181 Å². The number of carbonyl (C=O) groups excluding carboxylic acids is 1. The van der Waals surface area contributed by atoms with Gasteiger partial charge in [0.2, 0.25) is 10.0 Å². The number of methoxy groups -OCH3 is 1. The van der Waals surface area contributed by atoms with Crippen LogP contribution < -0.4 is 10.2 Å². The molecule has 1 unspecified atom stereocenters. The van der Waals surface area contributed by atoms with Gasteiger partial charge in [0.25, 0.3) is 5.91 Å². The number of pyridine rings is 1. The molecule has 1 saturated carbocycles. The monoisotopic (exact) mass is 449 g/mol. The quantitative estimate of drug-likeness (QED) is 0.413. The van der Waals surface area contributed by atoms with Gasteiger partial charge in [-0.3, -0.25) is 15.0 Å². The summed E-state index contributed by atoms with van der Waals surface area (Å²) in [6, 6.07) is 8.13. The number of aliphatic hydroxyl groups is 1. The smallest absolute Gasteiger partial charge is 0.262 e. The highest BCUT2D eigenvalue weighted by molar-refractivity contribution is 7.89. The van der Waals surface area contributed by atoms with Gasteiger partial charge in [0.1, 0.15) is 11.8 Å². The van der Waals surface area contributed by atoms with E-state index in [4.69, 9.17) is 4.74 Å². The van der Waals surface area contributed by atoms with Crippen molar-refractivity contribution in [2.45, 2.75) is 49.3 Å². The van der Waals surface area contributed by atoms with Gasteiger partial charge >= 0.3 is 0 Å². The Hall–Kier alpha value is -2.53. The second kappa shape index (κ2) is 10.2. The lowest BCUT2D eigenvalue weighted by atomic mass is 9.82. The molecule has 0 spiro atoms. The Balaban J connectivity index is 2.05. The van der Waals surface area contributed by atoms with Gasteiger partial charge in [0.05, 0.1) is 18.1 Å². The normalized spacial score (nSPS) is 20.3. The van der Waals surface area contributed by atoms with E-state index in [1.807, 2.05) is 0 Å². The van der Waals surface area contributed by atoms with Crippen molar-refractivity contribution in [3.8, 4) is 5.75 Å². The number of amides is 1. The second-order valence-corrected chi connectivity index (χ2v) is 9.46. The van der Waals surface area contributed by atoms with E-state index < -0.39 is 28.1 Å². The molecule has 1 fully saturated rings. The van der Waals surface area contributed by atoms with Crippen LogP contribution in [0.1, 0.15) is 31.2 Å². The summed E-state index contributed by atoms with van der Waals surface area (Å²) in [5, 5.41) is 19.3. The molecule has 168 valence electrons. The third-order valence-electron chi connectivity index (χ3n) is 5.63. The molecule has 1 aliphatic rings. The van der Waals surface area contributed by atoms with Crippen LogP contribution in [0.25, 0.3) is 0 Å². The van der Waals surface area contributed by atoms with E-state index >= 15 is 0 Å². The van der Waals surface area contributed by atoms with Crippen molar-refractivity contribution in [2.24, 2.45) is 5.92 Å². The van der Waals surface area contributed by atoms with Gasteiger partial charge in [-0.15, -0.1) is 0 Å². The van der Waals surface area contributed by atoms with E-state index in [9.17, 15) is 23.5 Å². The predicted octanol–water partition coefficient (Wildman–Crippen LogP) is 1.71. The minimum Gasteiger partial charge on any atom is -0.497 e. The summed E-state index contributed by atoms with van der Waals surface area (Å²) in [7, 11) is -2.63. The van der Waals surface area contributed by atoms with E-state index in [2.05, 4.69) is 4.98 Å². The van der Waals surface area contributed by atoms with Gasteiger partial charge in [0, 0.05) is 18.9 Å². The molecule has 31 heavy (non-hydrogen) atoms. The maximum Gasteiger partial charge on any atom is 0.262 e. The molecule has 0 bridgehead atoms. The zero-order chi connectivity index (χ0) is 22.4. The molecule has 10 heteroatoms. The molecule has 1 aromatic carbocycles. The number of nitrogens with one attached hydrogen (secondary N) is 1. The van der Waals surface area contributed by atoms with Crippen molar-refractivity contribution in [3.05, 3.63) is 54.4 Å². The Morgan fingerprint density at radius 2 is 1.77 bits per heavy atom. The molecule has 3 rings (SSSR count). The maximum absolute atomic E-state index is 13.7. The molecular formula is C21H27N3O6S. The van der Waals surface area contributed by atoms with Gasteiger partial charge < -0.3 is 9.84 Å². The van der Waals surface area contributed by atoms with Crippen molar-refractivity contribution < 1.29 is 28.3 Å². The van der Waals surface area contributed by atoms with Crippen LogP contribution in [-0.2, 0) is 21.4 Å². The van der Waals surface area contributed by atoms with Gasteiger partial charge in [-0.05, 0) is 73.6 Å². The highest BCUT2D eigenvalue weighted by Crippen LogP contribution is 2.33. The summed E-state index contributed by atoms with van der Waals surface area (Å²) in [6.07, 6.45) is 4.48. The molecule has 0 aliphatic heterocycles. The summed E-state index contributed by atoms with van der Waals surface area (Å²) >= 11 is 0. The SMILES string of the molecule is COc1ccc(S(=O)(=O)N(Cc2ccncc2)C(C(=O)NO)C2CCC(O)CC2)cc1. The van der Waals surface area contributed by atoms with E-state index in [0.717, 1.165) is 4.31 Å². The van der Waals surface area contributed by atoms with Gasteiger partial charge in [0.15, 0.2) is 0 Å². The van der Waals surface area contributed by atoms with E-state index in [0.29, 0.717) is 37.0 Å². The molecule has 3 N–H and O–H groups in total. The summed E-state index contributed by atoms with van der Waals surface area (Å²) in [4.78, 5) is 16.7. The summed E-state index contributed by atoms with van der Waals surface area (Å²) in [6.45, 7) is -0.0754. The van der Waals surface area contributed by atoms with Crippen molar-refractivity contribution >= 4 is 15.9 Å². The molecule has 0 radical (unpaired) electrons. The molecule has 2 aromatic rings. The fourth-order valence-electron chi connectivity index (χ4n) is 3.95. The Morgan fingerprint density at radius 3 is 2.32 bits per heavy atom. The summed E-state index contributed by atoms with van der Waals surface area (Å²) in [5.74, 6) is -0.650. The first kappa shape index (κ1) is 23.1. The van der Waals surface area contributed by atoms with Crippen molar-refractivity contribution in [3.63, 3.8) is 0 Å². The Bertz CT molecular complexity index is 960. The van der Waals surface area contributed by atoms with Crippen LogP contribution in [0.4, 0.5) is 0 Å². The predicted molar refractivity (Wildman–Crippen MR) is 112 cm³/mol. The average molecular weight is 450 g/mol. The molecule has 0 saturated heterocycles. The fraction of sp³-hybridized carbons (Fsp3) is 0.429. The van der Waals surface area contributed by atoms with Gasteiger partial charge in [-0.2, -0.15) is 4.31 Å². The highest BCUT2D eigenvalue weighted by Gasteiger charge is 2.42. The highest BCUT2D eigenvalue weighted by atomic mass is 32.2. The molecule has 1 aromatic heterocycles. The lowest BCUT2D eigenvalue weighted by Gasteiger charge is -2.37. The zero-order valence-corrected chi connectivity index (χ0v) is 18.0. The van der Waals surface area contributed by atoms with Crippen LogP contribution >= 0.6 is 0 Å². The molecular weight excluding hydrogens is 422 g/mol. The number of hydrogen-bond donors (Lipinski definition) is 3. The summed E-state index contributed by atoms with van der Waals surface area (Å²) < 4.78 is 33.6.